The van der Waals surface area contributed by atoms with E-state index < -0.39 is 0 Å². The van der Waals surface area contributed by atoms with Crippen LogP contribution in [0.2, 0.25) is 0 Å². The predicted molar refractivity (Wildman–Crippen MR) is 195 cm³/mol. The molecule has 1 atom stereocenters. The molecular formula is C40H34BrN5O2. The number of rotatable bonds is 9. The van der Waals surface area contributed by atoms with E-state index in [9.17, 15) is 0 Å². The largest absolute Gasteiger partial charge is 0.490 e. The minimum absolute atomic E-state index is 0.245. The molecule has 0 unspecified atom stereocenters. The Kier molecular flexibility index (Phi) is 7.94. The van der Waals surface area contributed by atoms with Gasteiger partial charge in [-0.3, -0.25) is 4.90 Å². The van der Waals surface area contributed by atoms with Gasteiger partial charge in [-0.2, -0.15) is 10.1 Å². The van der Waals surface area contributed by atoms with E-state index in [2.05, 4.69) is 124 Å². The number of aliphatic imine (C=N–C) groups is 1. The third kappa shape index (κ3) is 5.32. The summed E-state index contributed by atoms with van der Waals surface area (Å²) in [5, 5.41) is 5.09. The maximum absolute atomic E-state index is 6.40. The molecular weight excluding hydrogens is 662 g/mol. The van der Waals surface area contributed by atoms with Crippen LogP contribution in [0.25, 0.3) is 5.69 Å². The van der Waals surface area contributed by atoms with E-state index in [1.165, 1.54) is 5.56 Å². The summed E-state index contributed by atoms with van der Waals surface area (Å²) in [5.41, 5.74) is 8.46. The number of aromatic nitrogens is 2. The highest BCUT2D eigenvalue weighted by Crippen LogP contribution is 2.52. The second kappa shape index (κ2) is 12.7. The smallest absolute Gasteiger partial charge is 0.213 e. The molecule has 0 spiro atoms. The topological polar surface area (TPSA) is 55.1 Å². The molecule has 1 aromatic heterocycles. The molecule has 0 N–H and O–H groups in total. The molecule has 0 saturated carbocycles. The molecule has 8 rings (SSSR count). The number of nitrogens with zero attached hydrogens (tertiary/aromatic N) is 5. The highest BCUT2D eigenvalue weighted by Gasteiger charge is 2.45. The lowest BCUT2D eigenvalue weighted by molar-refractivity contribution is 0.267. The highest BCUT2D eigenvalue weighted by molar-refractivity contribution is 9.10. The first-order valence-corrected chi connectivity index (χ1v) is 17.0. The fraction of sp³-hybridized carbons (Fsp3) is 0.150. The van der Waals surface area contributed by atoms with Crippen LogP contribution >= 0.6 is 15.9 Å². The van der Waals surface area contributed by atoms with Gasteiger partial charge < -0.3 is 14.4 Å². The Morgan fingerprint density at radius 1 is 0.750 bits per heavy atom. The van der Waals surface area contributed by atoms with Gasteiger partial charge in [-0.05, 0) is 82.9 Å². The number of halogens is 1. The van der Waals surface area contributed by atoms with Gasteiger partial charge >= 0.3 is 0 Å². The first kappa shape index (κ1) is 30.0. The van der Waals surface area contributed by atoms with Crippen molar-refractivity contribution in [3.63, 3.8) is 0 Å². The SMILES string of the molecule is CCOc1cc([C@@H]2c3c(C)nn(-c4ccccc4)c3N=C3N(Cc4ccccc4)c4ccccc4N32)cc(Br)c1OCc1ccccc1. The lowest BCUT2D eigenvalue weighted by Crippen LogP contribution is -2.42. The van der Waals surface area contributed by atoms with Gasteiger partial charge in [0.25, 0.3) is 0 Å². The minimum Gasteiger partial charge on any atom is -0.490 e. The molecule has 238 valence electrons. The Labute approximate surface area is 288 Å². The molecule has 0 bridgehead atoms. The van der Waals surface area contributed by atoms with Gasteiger partial charge in [0.1, 0.15) is 6.61 Å². The number of benzene rings is 5. The van der Waals surface area contributed by atoms with E-state index in [0.29, 0.717) is 31.3 Å². The number of aryl methyl sites for hydroxylation is 1. The second-order valence-electron chi connectivity index (χ2n) is 11.9. The van der Waals surface area contributed by atoms with Crippen LogP contribution in [-0.4, -0.2) is 22.3 Å². The summed E-state index contributed by atoms with van der Waals surface area (Å²) in [6, 6.07) is 43.5. The predicted octanol–water partition coefficient (Wildman–Crippen LogP) is 9.54. The summed E-state index contributed by atoms with van der Waals surface area (Å²) in [6.07, 6.45) is 0. The summed E-state index contributed by atoms with van der Waals surface area (Å²) in [5.74, 6) is 3.04. The van der Waals surface area contributed by atoms with Crippen LogP contribution < -0.4 is 19.3 Å². The first-order valence-electron chi connectivity index (χ1n) is 16.2. The second-order valence-corrected chi connectivity index (χ2v) is 12.7. The molecule has 0 radical (unpaired) electrons. The van der Waals surface area contributed by atoms with E-state index in [1.807, 2.05) is 48.0 Å². The molecule has 0 saturated heterocycles. The molecule has 2 aliphatic rings. The Hall–Kier alpha value is -5.34. The molecule has 2 aliphatic heterocycles. The number of anilines is 2. The van der Waals surface area contributed by atoms with Gasteiger partial charge in [-0.25, -0.2) is 4.68 Å². The van der Waals surface area contributed by atoms with Gasteiger partial charge in [0.2, 0.25) is 5.96 Å². The average molecular weight is 697 g/mol. The van der Waals surface area contributed by atoms with Crippen molar-refractivity contribution in [3.05, 3.63) is 160 Å². The van der Waals surface area contributed by atoms with Crippen molar-refractivity contribution >= 4 is 39.1 Å². The van der Waals surface area contributed by atoms with Crippen LogP contribution in [0, 0.1) is 6.92 Å². The average Bonchev–Trinajstić information content (AvgIpc) is 3.62. The third-order valence-corrected chi connectivity index (χ3v) is 9.35. The summed E-state index contributed by atoms with van der Waals surface area (Å²) >= 11 is 3.88. The van der Waals surface area contributed by atoms with Crippen molar-refractivity contribution < 1.29 is 9.47 Å². The third-order valence-electron chi connectivity index (χ3n) is 8.77. The molecule has 8 heteroatoms. The number of fused-ring (bicyclic) bond motifs is 4. The van der Waals surface area contributed by atoms with E-state index >= 15 is 0 Å². The normalized spacial score (nSPS) is 14.6. The van der Waals surface area contributed by atoms with Crippen molar-refractivity contribution in [1.29, 1.82) is 0 Å². The quantitative estimate of drug-likeness (QED) is 0.151. The fourth-order valence-corrected chi connectivity index (χ4v) is 7.23. The van der Waals surface area contributed by atoms with Crippen LogP contribution in [0.15, 0.2) is 137 Å². The van der Waals surface area contributed by atoms with Crippen LogP contribution in [0.3, 0.4) is 0 Å². The van der Waals surface area contributed by atoms with Crippen molar-refractivity contribution in [3.8, 4) is 17.2 Å². The standard InChI is InChI=1S/C40H34BrN5O2/c1-3-47-35-24-30(23-32(41)38(35)48-26-29-17-9-5-10-18-29)37-36-27(2)43-46(31-19-11-6-12-20-31)39(36)42-40-44(25-28-15-7-4-8-16-28)33-21-13-14-22-34(33)45(37)40/h4-24,37H,3,25-26H2,1-2H3/t37-/m1/s1. The maximum Gasteiger partial charge on any atom is 0.213 e. The van der Waals surface area contributed by atoms with Gasteiger partial charge in [0.15, 0.2) is 17.3 Å². The lowest BCUT2D eigenvalue weighted by Gasteiger charge is -2.35. The monoisotopic (exact) mass is 695 g/mol. The number of hydrogen-bond donors (Lipinski definition) is 0. The zero-order chi connectivity index (χ0) is 32.6. The van der Waals surface area contributed by atoms with E-state index in [-0.39, 0.29) is 6.04 Å². The molecule has 6 aromatic rings. The number of guanidine groups is 1. The molecule has 48 heavy (non-hydrogen) atoms. The highest BCUT2D eigenvalue weighted by atomic mass is 79.9. The van der Waals surface area contributed by atoms with Gasteiger partial charge in [-0.15, -0.1) is 0 Å². The minimum atomic E-state index is -0.245. The molecule has 0 aliphatic carbocycles. The number of ether oxygens (including phenoxy) is 2. The summed E-state index contributed by atoms with van der Waals surface area (Å²) < 4.78 is 15.5. The van der Waals surface area contributed by atoms with E-state index in [4.69, 9.17) is 19.6 Å². The van der Waals surface area contributed by atoms with E-state index in [1.54, 1.807) is 0 Å². The van der Waals surface area contributed by atoms with Crippen molar-refractivity contribution in [1.82, 2.24) is 9.78 Å². The molecule has 5 aromatic carbocycles. The molecule has 0 fully saturated rings. The molecule has 3 heterocycles. The van der Waals surface area contributed by atoms with Crippen molar-refractivity contribution in [2.75, 3.05) is 16.4 Å². The molecule has 7 nitrogen and oxygen atoms in total. The number of hydrogen-bond acceptors (Lipinski definition) is 6. The molecule has 0 amide bonds. The van der Waals surface area contributed by atoms with Gasteiger partial charge in [0, 0.05) is 5.56 Å². The Balaban J connectivity index is 1.31. The van der Waals surface area contributed by atoms with Crippen LogP contribution in [0.1, 0.15) is 40.9 Å². The summed E-state index contributed by atoms with van der Waals surface area (Å²) in [6.45, 7) is 5.68. The Morgan fingerprint density at radius 2 is 1.40 bits per heavy atom. The van der Waals surface area contributed by atoms with Crippen molar-refractivity contribution in [2.45, 2.75) is 33.0 Å². The van der Waals surface area contributed by atoms with Gasteiger partial charge in [0.05, 0.1) is 46.4 Å². The van der Waals surface area contributed by atoms with Gasteiger partial charge in [-0.1, -0.05) is 91.0 Å². The zero-order valence-electron chi connectivity index (χ0n) is 26.8. The summed E-state index contributed by atoms with van der Waals surface area (Å²) in [4.78, 5) is 10.1. The lowest BCUT2D eigenvalue weighted by atomic mass is 9.95. The maximum atomic E-state index is 6.40. The Morgan fingerprint density at radius 3 is 2.10 bits per heavy atom. The fourth-order valence-electron chi connectivity index (χ4n) is 6.65. The van der Waals surface area contributed by atoms with Crippen LogP contribution in [-0.2, 0) is 13.2 Å². The zero-order valence-corrected chi connectivity index (χ0v) is 28.3. The summed E-state index contributed by atoms with van der Waals surface area (Å²) in [7, 11) is 0. The Bertz CT molecular complexity index is 2120. The van der Waals surface area contributed by atoms with Crippen LogP contribution in [0.5, 0.6) is 11.5 Å². The first-order chi connectivity index (χ1) is 23.6. The van der Waals surface area contributed by atoms with E-state index in [0.717, 1.165) is 55.7 Å². The van der Waals surface area contributed by atoms with Crippen LogP contribution in [0.4, 0.5) is 17.2 Å². The van der Waals surface area contributed by atoms with Crippen molar-refractivity contribution in [2.24, 2.45) is 4.99 Å². The number of para-hydroxylation sites is 3.